The number of allylic oxidation sites excluding steroid dienone is 2. The Morgan fingerprint density at radius 1 is 1.65 bits per heavy atom. The lowest BCUT2D eigenvalue weighted by Crippen LogP contribution is -2.44. The fourth-order valence-corrected chi connectivity index (χ4v) is 3.69. The van der Waals surface area contributed by atoms with Crippen LogP contribution in [0.3, 0.4) is 0 Å². The van der Waals surface area contributed by atoms with Crippen LogP contribution in [0.2, 0.25) is 0 Å². The van der Waals surface area contributed by atoms with E-state index in [0.717, 1.165) is 4.31 Å². The average molecular weight is 299 g/mol. The number of aliphatic carboxylic acids is 1. The molecule has 0 radical (unpaired) electrons. The number of carbonyl (C=O) groups is 1. The Balaban J connectivity index is 2.38. The molecule has 3 N–H and O–H groups in total. The van der Waals surface area contributed by atoms with E-state index in [1.807, 2.05) is 0 Å². The maximum atomic E-state index is 12.4. The summed E-state index contributed by atoms with van der Waals surface area (Å²) in [6, 6.07) is 0. The number of nitrogens with two attached hydrogens (primary N) is 1. The second-order valence-electron chi connectivity index (χ2n) is 4.76. The zero-order valence-electron chi connectivity index (χ0n) is 11.3. The van der Waals surface area contributed by atoms with Crippen LogP contribution in [-0.2, 0) is 14.8 Å². The molecule has 2 rings (SSSR count). The van der Waals surface area contributed by atoms with Gasteiger partial charge in [-0.1, -0.05) is 13.0 Å². The third-order valence-corrected chi connectivity index (χ3v) is 5.78. The molecular formula is C12H17N3O4S. The molecular weight excluding hydrogens is 282 g/mol. The molecule has 0 saturated carbocycles. The summed E-state index contributed by atoms with van der Waals surface area (Å²) in [5.74, 6) is -1.04. The summed E-state index contributed by atoms with van der Waals surface area (Å²) in [7, 11) is -3.60. The maximum Gasteiger partial charge on any atom is 0.331 e. The third-order valence-electron chi connectivity index (χ3n) is 3.47. The van der Waals surface area contributed by atoms with Gasteiger partial charge >= 0.3 is 5.97 Å². The summed E-state index contributed by atoms with van der Waals surface area (Å²) < 4.78 is 26.0. The van der Waals surface area contributed by atoms with E-state index in [0.29, 0.717) is 17.8 Å². The summed E-state index contributed by atoms with van der Waals surface area (Å²) in [5.41, 5.74) is 6.64. The van der Waals surface area contributed by atoms with Crippen molar-refractivity contribution in [3.63, 3.8) is 0 Å². The van der Waals surface area contributed by atoms with E-state index in [9.17, 15) is 13.2 Å². The normalized spacial score (nSPS) is 23.6. The van der Waals surface area contributed by atoms with Crippen molar-refractivity contribution in [3.05, 3.63) is 23.4 Å². The fourth-order valence-electron chi connectivity index (χ4n) is 2.09. The van der Waals surface area contributed by atoms with Gasteiger partial charge in [-0.3, -0.25) is 5.73 Å². The predicted molar refractivity (Wildman–Crippen MR) is 74.3 cm³/mol. The van der Waals surface area contributed by atoms with Gasteiger partial charge < -0.3 is 5.11 Å². The van der Waals surface area contributed by atoms with E-state index in [1.165, 1.54) is 6.08 Å². The van der Waals surface area contributed by atoms with E-state index in [2.05, 4.69) is 4.99 Å². The van der Waals surface area contributed by atoms with Crippen molar-refractivity contribution < 1.29 is 18.3 Å². The van der Waals surface area contributed by atoms with Crippen LogP contribution in [0.5, 0.6) is 0 Å². The number of carboxylic acid groups (broad SMARTS) is 1. The number of fused-ring (bicyclic) bond motifs is 1. The Kier molecular flexibility index (Phi) is 3.70. The molecule has 0 bridgehead atoms. The van der Waals surface area contributed by atoms with Crippen LogP contribution in [0.25, 0.3) is 0 Å². The Morgan fingerprint density at radius 3 is 2.85 bits per heavy atom. The highest BCUT2D eigenvalue weighted by atomic mass is 32.2. The van der Waals surface area contributed by atoms with Gasteiger partial charge in [-0.25, -0.2) is 22.5 Å². The molecule has 1 aliphatic heterocycles. The van der Waals surface area contributed by atoms with Crippen LogP contribution in [0.4, 0.5) is 0 Å². The summed E-state index contributed by atoms with van der Waals surface area (Å²) in [4.78, 5) is 15.0. The van der Waals surface area contributed by atoms with Crippen molar-refractivity contribution in [3.8, 4) is 0 Å². The molecule has 0 amide bonds. The highest BCUT2D eigenvalue weighted by molar-refractivity contribution is 7.89. The summed E-state index contributed by atoms with van der Waals surface area (Å²) in [6.07, 6.45) is 2.52. The smallest absolute Gasteiger partial charge is 0.331 e. The van der Waals surface area contributed by atoms with E-state index >= 15 is 0 Å². The van der Waals surface area contributed by atoms with E-state index < -0.39 is 27.5 Å². The second kappa shape index (κ2) is 5.02. The molecule has 0 aromatic carbocycles. The first-order valence-corrected chi connectivity index (χ1v) is 7.80. The Bertz CT molecular complexity index is 633. The number of hydrogen-bond acceptors (Lipinski definition) is 5. The quantitative estimate of drug-likeness (QED) is 0.780. The Morgan fingerprint density at radius 2 is 2.30 bits per heavy atom. The van der Waals surface area contributed by atoms with Gasteiger partial charge in [0.2, 0.25) is 10.0 Å². The standard InChI is InChI=1S/C12H17N3O4S/c1-3-7(2)20(18,19)15-10-5-4-8(11(16)17)6-9(10)14-12(15)13/h5-7,12H,3-4,13H2,1-2H3,(H,16,17). The molecule has 110 valence electrons. The molecule has 20 heavy (non-hydrogen) atoms. The minimum Gasteiger partial charge on any atom is -0.478 e. The highest BCUT2D eigenvalue weighted by Gasteiger charge is 2.40. The van der Waals surface area contributed by atoms with Gasteiger partial charge in [-0.2, -0.15) is 0 Å². The monoisotopic (exact) mass is 299 g/mol. The average Bonchev–Trinajstić information content (AvgIpc) is 2.72. The van der Waals surface area contributed by atoms with E-state index in [-0.39, 0.29) is 12.0 Å². The number of sulfonamides is 1. The van der Waals surface area contributed by atoms with Gasteiger partial charge in [0.05, 0.1) is 16.7 Å². The van der Waals surface area contributed by atoms with Crippen molar-refractivity contribution in [2.45, 2.75) is 38.2 Å². The molecule has 0 aromatic heterocycles. The zero-order chi connectivity index (χ0) is 15.1. The van der Waals surface area contributed by atoms with Crippen LogP contribution in [-0.4, -0.2) is 41.1 Å². The SMILES string of the molecule is CCC(C)S(=O)(=O)N1C2=CCC(C(=O)O)=CC2=NC1N. The summed E-state index contributed by atoms with van der Waals surface area (Å²) in [6.45, 7) is 3.39. The molecule has 2 aliphatic rings. The van der Waals surface area contributed by atoms with Gasteiger partial charge in [0.25, 0.3) is 0 Å². The topological polar surface area (TPSA) is 113 Å². The number of aliphatic imine (C=N–C) groups is 1. The fraction of sp³-hybridized carbons (Fsp3) is 0.500. The van der Waals surface area contributed by atoms with Gasteiger partial charge in [-0.15, -0.1) is 0 Å². The first kappa shape index (κ1) is 14.7. The molecule has 0 aromatic rings. The first-order valence-electron chi connectivity index (χ1n) is 6.30. The molecule has 2 unspecified atom stereocenters. The van der Waals surface area contributed by atoms with Crippen molar-refractivity contribution in [1.82, 2.24) is 4.31 Å². The number of hydrogen-bond donors (Lipinski definition) is 2. The van der Waals surface area contributed by atoms with Crippen LogP contribution in [0, 0.1) is 0 Å². The van der Waals surface area contributed by atoms with Crippen molar-refractivity contribution in [1.29, 1.82) is 0 Å². The lowest BCUT2D eigenvalue weighted by atomic mass is 10.0. The summed E-state index contributed by atoms with van der Waals surface area (Å²) >= 11 is 0. The van der Waals surface area contributed by atoms with Gasteiger partial charge in [0, 0.05) is 5.57 Å². The number of rotatable bonds is 4. The van der Waals surface area contributed by atoms with Gasteiger partial charge in [0.1, 0.15) is 0 Å². The minimum absolute atomic E-state index is 0.156. The molecule has 1 heterocycles. The molecule has 0 saturated heterocycles. The van der Waals surface area contributed by atoms with E-state index in [4.69, 9.17) is 10.8 Å². The maximum absolute atomic E-state index is 12.4. The first-order chi connectivity index (χ1) is 9.28. The molecule has 2 atom stereocenters. The van der Waals surface area contributed by atoms with Crippen LogP contribution in [0.15, 0.2) is 28.4 Å². The molecule has 7 nitrogen and oxygen atoms in total. The molecule has 0 fully saturated rings. The zero-order valence-corrected chi connectivity index (χ0v) is 12.1. The largest absolute Gasteiger partial charge is 0.478 e. The Labute approximate surface area is 117 Å². The lowest BCUT2D eigenvalue weighted by Gasteiger charge is -2.27. The molecule has 1 aliphatic carbocycles. The minimum atomic E-state index is -3.60. The summed E-state index contributed by atoms with van der Waals surface area (Å²) in [5, 5.41) is 8.39. The number of nitrogens with zero attached hydrogens (tertiary/aromatic N) is 2. The van der Waals surface area contributed by atoms with E-state index in [1.54, 1.807) is 19.9 Å². The van der Waals surface area contributed by atoms with Crippen molar-refractivity contribution in [2.24, 2.45) is 10.7 Å². The highest BCUT2D eigenvalue weighted by Crippen LogP contribution is 2.30. The van der Waals surface area contributed by atoms with Crippen molar-refractivity contribution >= 4 is 21.7 Å². The van der Waals surface area contributed by atoms with Gasteiger partial charge in [0.15, 0.2) is 6.29 Å². The number of carboxylic acids is 1. The van der Waals surface area contributed by atoms with Crippen LogP contribution < -0.4 is 5.73 Å². The lowest BCUT2D eigenvalue weighted by molar-refractivity contribution is -0.132. The van der Waals surface area contributed by atoms with Crippen molar-refractivity contribution in [2.75, 3.05) is 0 Å². The predicted octanol–water partition coefficient (Wildman–Crippen LogP) is 0.412. The molecule has 8 heteroatoms. The van der Waals surface area contributed by atoms with Crippen LogP contribution >= 0.6 is 0 Å². The molecule has 0 spiro atoms. The van der Waals surface area contributed by atoms with Crippen LogP contribution in [0.1, 0.15) is 26.7 Å². The third kappa shape index (κ3) is 2.25. The van der Waals surface area contributed by atoms with Gasteiger partial charge in [-0.05, 0) is 25.8 Å². The second-order valence-corrected chi connectivity index (χ2v) is 6.98. The Hall–Kier alpha value is -1.67.